The second-order valence-electron chi connectivity index (χ2n) is 6.24. The number of anilines is 3. The van der Waals surface area contributed by atoms with Gasteiger partial charge in [0.1, 0.15) is 0 Å². The van der Waals surface area contributed by atoms with Gasteiger partial charge in [0.25, 0.3) is 0 Å². The predicted octanol–water partition coefficient (Wildman–Crippen LogP) is 3.83. The fourth-order valence-electron chi connectivity index (χ4n) is 3.04. The Balaban J connectivity index is 1.69. The molecule has 1 aromatic carbocycles. The Labute approximate surface area is 140 Å². The van der Waals surface area contributed by atoms with Gasteiger partial charge in [-0.15, -0.1) is 0 Å². The number of nitrogens with one attached hydrogen (secondary N) is 2. The van der Waals surface area contributed by atoms with Crippen molar-refractivity contribution < 1.29 is 0 Å². The summed E-state index contributed by atoms with van der Waals surface area (Å²) in [6.07, 6.45) is 8.19. The molecule has 6 heteroatoms. The van der Waals surface area contributed by atoms with E-state index in [-0.39, 0.29) is 0 Å². The normalized spacial score (nSPS) is 14.9. The van der Waals surface area contributed by atoms with Crippen molar-refractivity contribution in [2.24, 2.45) is 0 Å². The number of rotatable bonds is 4. The molecule has 0 amide bonds. The van der Waals surface area contributed by atoms with E-state index in [2.05, 4.69) is 49.6 Å². The second kappa shape index (κ2) is 6.39. The average molecular weight is 320 g/mol. The maximum atomic E-state index is 4.65. The molecule has 4 rings (SSSR count). The molecule has 0 aliphatic heterocycles. The van der Waals surface area contributed by atoms with Crippen molar-refractivity contribution in [3.05, 3.63) is 42.2 Å². The first-order chi connectivity index (χ1) is 11.8. The van der Waals surface area contributed by atoms with Gasteiger partial charge in [0.2, 0.25) is 5.95 Å². The van der Waals surface area contributed by atoms with E-state index in [0.717, 1.165) is 5.69 Å². The van der Waals surface area contributed by atoms with Gasteiger partial charge in [0.15, 0.2) is 17.0 Å². The Morgan fingerprint density at radius 3 is 2.50 bits per heavy atom. The zero-order valence-corrected chi connectivity index (χ0v) is 13.7. The molecule has 2 aromatic heterocycles. The summed E-state index contributed by atoms with van der Waals surface area (Å²) in [6, 6.07) is 8.64. The third-order valence-electron chi connectivity index (χ3n) is 4.34. The summed E-state index contributed by atoms with van der Waals surface area (Å²) < 4.78 is 0. The Hall–Kier alpha value is -2.76. The summed E-state index contributed by atoms with van der Waals surface area (Å²) in [5.74, 6) is 1.29. The molecule has 0 saturated heterocycles. The number of hydrogen-bond acceptors (Lipinski definition) is 6. The number of nitrogens with zero attached hydrogens (tertiary/aromatic N) is 4. The third-order valence-corrected chi connectivity index (χ3v) is 4.34. The lowest BCUT2D eigenvalue weighted by atomic mass is 10.2. The molecule has 1 saturated carbocycles. The molecule has 0 bridgehead atoms. The van der Waals surface area contributed by atoms with E-state index in [1.165, 1.54) is 31.2 Å². The molecule has 2 heterocycles. The van der Waals surface area contributed by atoms with E-state index in [9.17, 15) is 0 Å². The van der Waals surface area contributed by atoms with Crippen LogP contribution in [0.15, 0.2) is 36.7 Å². The van der Waals surface area contributed by atoms with Gasteiger partial charge in [0, 0.05) is 24.1 Å². The first-order valence-corrected chi connectivity index (χ1v) is 8.37. The molecular weight excluding hydrogens is 300 g/mol. The zero-order valence-electron chi connectivity index (χ0n) is 13.7. The highest BCUT2D eigenvalue weighted by atomic mass is 15.2. The van der Waals surface area contributed by atoms with Gasteiger partial charge < -0.3 is 10.6 Å². The lowest BCUT2D eigenvalue weighted by Crippen LogP contribution is -2.17. The van der Waals surface area contributed by atoms with Crippen LogP contribution in [0.4, 0.5) is 17.5 Å². The van der Waals surface area contributed by atoms with Gasteiger partial charge in [-0.3, -0.25) is 0 Å². The first-order valence-electron chi connectivity index (χ1n) is 8.37. The van der Waals surface area contributed by atoms with Crippen LogP contribution in [-0.4, -0.2) is 26.0 Å². The highest BCUT2D eigenvalue weighted by Crippen LogP contribution is 2.25. The topological polar surface area (TPSA) is 75.6 Å². The van der Waals surface area contributed by atoms with Crippen LogP contribution in [0.2, 0.25) is 0 Å². The van der Waals surface area contributed by atoms with Crippen LogP contribution in [0.25, 0.3) is 11.2 Å². The van der Waals surface area contributed by atoms with Crippen molar-refractivity contribution >= 4 is 28.6 Å². The van der Waals surface area contributed by atoms with Crippen molar-refractivity contribution in [3.8, 4) is 0 Å². The number of benzene rings is 1. The lowest BCUT2D eigenvalue weighted by Gasteiger charge is -2.14. The standard InChI is InChI=1S/C18H20N6/c1-12-6-8-14(9-7-12)21-17-15-16(20-11-10-19-15)23-18(24-17)22-13-4-2-3-5-13/h6-11,13H,2-5H2,1H3,(H2,20,21,22,23,24). The Morgan fingerprint density at radius 1 is 0.958 bits per heavy atom. The highest BCUT2D eigenvalue weighted by Gasteiger charge is 2.17. The number of fused-ring (bicyclic) bond motifs is 1. The van der Waals surface area contributed by atoms with Crippen molar-refractivity contribution in [1.82, 2.24) is 19.9 Å². The van der Waals surface area contributed by atoms with Crippen LogP contribution < -0.4 is 10.6 Å². The molecular formula is C18H20N6. The molecule has 0 spiro atoms. The van der Waals surface area contributed by atoms with Gasteiger partial charge in [-0.25, -0.2) is 9.97 Å². The summed E-state index contributed by atoms with van der Waals surface area (Å²) in [7, 11) is 0. The second-order valence-corrected chi connectivity index (χ2v) is 6.24. The smallest absolute Gasteiger partial charge is 0.227 e. The Kier molecular flexibility index (Phi) is 3.94. The first kappa shape index (κ1) is 14.8. The molecule has 2 N–H and O–H groups in total. The number of aromatic nitrogens is 4. The summed E-state index contributed by atoms with van der Waals surface area (Å²) in [5.41, 5.74) is 3.47. The molecule has 3 aromatic rings. The fraction of sp³-hybridized carbons (Fsp3) is 0.333. The van der Waals surface area contributed by atoms with Crippen LogP contribution >= 0.6 is 0 Å². The monoisotopic (exact) mass is 320 g/mol. The molecule has 24 heavy (non-hydrogen) atoms. The van der Waals surface area contributed by atoms with E-state index in [0.29, 0.717) is 29.0 Å². The summed E-state index contributed by atoms with van der Waals surface area (Å²) in [6.45, 7) is 2.07. The lowest BCUT2D eigenvalue weighted by molar-refractivity contribution is 0.745. The summed E-state index contributed by atoms with van der Waals surface area (Å²) >= 11 is 0. The summed E-state index contributed by atoms with van der Waals surface area (Å²) in [4.78, 5) is 17.9. The highest BCUT2D eigenvalue weighted by molar-refractivity contribution is 5.85. The van der Waals surface area contributed by atoms with Crippen LogP contribution in [0.3, 0.4) is 0 Å². The van der Waals surface area contributed by atoms with Crippen LogP contribution in [-0.2, 0) is 0 Å². The molecule has 0 unspecified atom stereocenters. The van der Waals surface area contributed by atoms with E-state index >= 15 is 0 Å². The molecule has 0 atom stereocenters. The average Bonchev–Trinajstić information content (AvgIpc) is 3.10. The van der Waals surface area contributed by atoms with E-state index in [1.54, 1.807) is 12.4 Å². The van der Waals surface area contributed by atoms with Crippen LogP contribution in [0, 0.1) is 6.92 Å². The van der Waals surface area contributed by atoms with Gasteiger partial charge in [0.05, 0.1) is 0 Å². The van der Waals surface area contributed by atoms with E-state index in [1.807, 2.05) is 12.1 Å². The largest absolute Gasteiger partial charge is 0.351 e. The van der Waals surface area contributed by atoms with Gasteiger partial charge in [-0.05, 0) is 31.9 Å². The van der Waals surface area contributed by atoms with Gasteiger partial charge in [-0.1, -0.05) is 30.5 Å². The molecule has 122 valence electrons. The summed E-state index contributed by atoms with van der Waals surface area (Å²) in [5, 5.41) is 6.78. The van der Waals surface area contributed by atoms with Crippen molar-refractivity contribution in [2.75, 3.05) is 10.6 Å². The van der Waals surface area contributed by atoms with Gasteiger partial charge >= 0.3 is 0 Å². The van der Waals surface area contributed by atoms with E-state index in [4.69, 9.17) is 0 Å². The van der Waals surface area contributed by atoms with Crippen molar-refractivity contribution in [3.63, 3.8) is 0 Å². The molecule has 6 nitrogen and oxygen atoms in total. The molecule has 1 aliphatic rings. The van der Waals surface area contributed by atoms with Crippen molar-refractivity contribution in [2.45, 2.75) is 38.6 Å². The molecule has 1 fully saturated rings. The van der Waals surface area contributed by atoms with Crippen molar-refractivity contribution in [1.29, 1.82) is 0 Å². The fourth-order valence-corrected chi connectivity index (χ4v) is 3.04. The minimum atomic E-state index is 0.450. The Morgan fingerprint density at radius 2 is 1.71 bits per heavy atom. The van der Waals surface area contributed by atoms with E-state index < -0.39 is 0 Å². The minimum Gasteiger partial charge on any atom is -0.351 e. The van der Waals surface area contributed by atoms with Gasteiger partial charge in [-0.2, -0.15) is 9.97 Å². The number of hydrogen-bond donors (Lipinski definition) is 2. The third kappa shape index (κ3) is 3.13. The van der Waals surface area contributed by atoms with Crippen LogP contribution in [0.1, 0.15) is 31.2 Å². The molecule has 0 radical (unpaired) electrons. The SMILES string of the molecule is Cc1ccc(Nc2nc(NC3CCCC3)nc3nccnc23)cc1. The molecule has 1 aliphatic carbocycles. The minimum absolute atomic E-state index is 0.450. The maximum Gasteiger partial charge on any atom is 0.227 e. The Bertz CT molecular complexity index is 840. The predicted molar refractivity (Wildman–Crippen MR) is 95.5 cm³/mol. The maximum absolute atomic E-state index is 4.65. The zero-order chi connectivity index (χ0) is 16.4. The van der Waals surface area contributed by atoms with Crippen LogP contribution in [0.5, 0.6) is 0 Å². The number of aryl methyl sites for hydroxylation is 1. The quantitative estimate of drug-likeness (QED) is 0.761.